The first-order chi connectivity index (χ1) is 8.13. The Balaban J connectivity index is 2.00. The fourth-order valence-corrected chi connectivity index (χ4v) is 2.98. The fraction of sp³-hybridized carbons (Fsp3) is 0.923. The molecular formula is C13H23N3O. The molecule has 2 aliphatic rings. The van der Waals surface area contributed by atoms with E-state index in [9.17, 15) is 5.26 Å². The lowest BCUT2D eigenvalue weighted by atomic mass is 9.93. The van der Waals surface area contributed by atoms with Gasteiger partial charge in [0, 0.05) is 19.2 Å². The molecule has 1 saturated carbocycles. The largest absolute Gasteiger partial charge is 0.377 e. The van der Waals surface area contributed by atoms with Gasteiger partial charge < -0.3 is 10.1 Å². The molecule has 0 amide bonds. The first kappa shape index (κ1) is 12.8. The third-order valence-corrected chi connectivity index (χ3v) is 4.32. The van der Waals surface area contributed by atoms with E-state index in [0.29, 0.717) is 12.0 Å². The van der Waals surface area contributed by atoms with Crippen molar-refractivity contribution in [1.82, 2.24) is 10.2 Å². The van der Waals surface area contributed by atoms with Gasteiger partial charge in [0.25, 0.3) is 0 Å². The van der Waals surface area contributed by atoms with Crippen LogP contribution in [0.15, 0.2) is 0 Å². The van der Waals surface area contributed by atoms with E-state index < -0.39 is 0 Å². The number of nitriles is 1. The van der Waals surface area contributed by atoms with Crippen LogP contribution in [-0.2, 0) is 4.74 Å². The molecule has 2 fully saturated rings. The van der Waals surface area contributed by atoms with Crippen LogP contribution in [0.3, 0.4) is 0 Å². The SMILES string of the molecule is CNC(C#N)(CN(C)C1CCOC1C)C1CC1. The zero-order valence-corrected chi connectivity index (χ0v) is 11.1. The van der Waals surface area contributed by atoms with Gasteiger partial charge in [-0.25, -0.2) is 0 Å². The maximum atomic E-state index is 9.47. The van der Waals surface area contributed by atoms with Crippen LogP contribution in [0, 0.1) is 17.2 Å². The van der Waals surface area contributed by atoms with Gasteiger partial charge in [-0.15, -0.1) is 0 Å². The van der Waals surface area contributed by atoms with Crippen LogP contribution < -0.4 is 5.32 Å². The Labute approximate surface area is 104 Å². The van der Waals surface area contributed by atoms with Crippen LogP contribution in [-0.4, -0.2) is 49.8 Å². The molecule has 1 heterocycles. The van der Waals surface area contributed by atoms with E-state index >= 15 is 0 Å². The topological polar surface area (TPSA) is 48.3 Å². The molecule has 0 aromatic carbocycles. The highest BCUT2D eigenvalue weighted by Gasteiger charge is 2.46. The summed E-state index contributed by atoms with van der Waals surface area (Å²) >= 11 is 0. The number of nitrogens with one attached hydrogen (secondary N) is 1. The summed E-state index contributed by atoms with van der Waals surface area (Å²) in [7, 11) is 4.02. The number of rotatable bonds is 5. The monoisotopic (exact) mass is 237 g/mol. The van der Waals surface area contributed by atoms with Gasteiger partial charge >= 0.3 is 0 Å². The summed E-state index contributed by atoms with van der Waals surface area (Å²) in [5, 5.41) is 12.7. The average molecular weight is 237 g/mol. The molecule has 1 aliphatic carbocycles. The van der Waals surface area contributed by atoms with Crippen LogP contribution in [0.1, 0.15) is 26.2 Å². The zero-order valence-electron chi connectivity index (χ0n) is 11.1. The first-order valence-corrected chi connectivity index (χ1v) is 6.55. The molecule has 17 heavy (non-hydrogen) atoms. The number of hydrogen-bond acceptors (Lipinski definition) is 4. The summed E-state index contributed by atoms with van der Waals surface area (Å²) in [6.07, 6.45) is 3.72. The third-order valence-electron chi connectivity index (χ3n) is 4.32. The Hall–Kier alpha value is -0.630. The molecule has 2 rings (SSSR count). The van der Waals surface area contributed by atoms with Gasteiger partial charge in [0.15, 0.2) is 0 Å². The van der Waals surface area contributed by atoms with Crippen molar-refractivity contribution in [3.63, 3.8) is 0 Å². The molecule has 1 saturated heterocycles. The Kier molecular flexibility index (Phi) is 3.72. The molecular weight excluding hydrogens is 214 g/mol. The van der Waals surface area contributed by atoms with Crippen molar-refractivity contribution >= 4 is 0 Å². The second-order valence-corrected chi connectivity index (χ2v) is 5.45. The van der Waals surface area contributed by atoms with Gasteiger partial charge in [0.2, 0.25) is 0 Å². The summed E-state index contributed by atoms with van der Waals surface area (Å²) in [5.74, 6) is 0.526. The fourth-order valence-electron chi connectivity index (χ4n) is 2.98. The van der Waals surface area contributed by atoms with Crippen LogP contribution >= 0.6 is 0 Å². The molecule has 4 heteroatoms. The number of likely N-dealkylation sites (N-methyl/N-ethyl adjacent to an activating group) is 2. The van der Waals surface area contributed by atoms with E-state index in [1.807, 2.05) is 7.05 Å². The number of ether oxygens (including phenoxy) is 1. The van der Waals surface area contributed by atoms with E-state index in [0.717, 1.165) is 19.6 Å². The molecule has 0 bridgehead atoms. The Morgan fingerprint density at radius 3 is 2.59 bits per heavy atom. The minimum Gasteiger partial charge on any atom is -0.377 e. The second-order valence-electron chi connectivity index (χ2n) is 5.45. The molecule has 0 spiro atoms. The molecule has 0 aromatic rings. The Morgan fingerprint density at radius 1 is 1.47 bits per heavy atom. The van der Waals surface area contributed by atoms with E-state index in [4.69, 9.17) is 4.74 Å². The molecule has 3 atom stereocenters. The maximum absolute atomic E-state index is 9.47. The predicted octanol–water partition coefficient (Wildman–Crippen LogP) is 0.987. The maximum Gasteiger partial charge on any atom is 0.122 e. The molecule has 4 nitrogen and oxygen atoms in total. The van der Waals surface area contributed by atoms with Crippen molar-refractivity contribution in [2.24, 2.45) is 5.92 Å². The van der Waals surface area contributed by atoms with Crippen molar-refractivity contribution in [2.75, 3.05) is 27.2 Å². The van der Waals surface area contributed by atoms with Crippen LogP contribution in [0.4, 0.5) is 0 Å². The highest BCUT2D eigenvalue weighted by Crippen LogP contribution is 2.40. The lowest BCUT2D eigenvalue weighted by Crippen LogP contribution is -2.55. The van der Waals surface area contributed by atoms with Gasteiger partial charge in [-0.2, -0.15) is 5.26 Å². The lowest BCUT2D eigenvalue weighted by molar-refractivity contribution is 0.0750. The minimum absolute atomic E-state index is 0.285. The van der Waals surface area contributed by atoms with Crippen LogP contribution in [0.25, 0.3) is 0 Å². The standard InChI is InChI=1S/C13H23N3O/c1-10-12(6-7-17-10)16(3)9-13(8-14,15-2)11-4-5-11/h10-12,15H,4-7,9H2,1-3H3. The van der Waals surface area contributed by atoms with E-state index in [1.165, 1.54) is 12.8 Å². The van der Waals surface area contributed by atoms with Crippen molar-refractivity contribution in [1.29, 1.82) is 5.26 Å². The van der Waals surface area contributed by atoms with Gasteiger partial charge in [-0.3, -0.25) is 4.90 Å². The molecule has 0 aromatic heterocycles. The lowest BCUT2D eigenvalue weighted by Gasteiger charge is -2.35. The summed E-state index contributed by atoms with van der Waals surface area (Å²) < 4.78 is 5.60. The van der Waals surface area contributed by atoms with Gasteiger partial charge in [-0.05, 0) is 46.2 Å². The predicted molar refractivity (Wildman–Crippen MR) is 66.6 cm³/mol. The molecule has 3 unspecified atom stereocenters. The quantitative estimate of drug-likeness (QED) is 0.774. The zero-order chi connectivity index (χ0) is 12.5. The third kappa shape index (κ3) is 2.47. The minimum atomic E-state index is -0.364. The first-order valence-electron chi connectivity index (χ1n) is 6.55. The van der Waals surface area contributed by atoms with E-state index in [-0.39, 0.29) is 11.6 Å². The molecule has 96 valence electrons. The van der Waals surface area contributed by atoms with Crippen molar-refractivity contribution < 1.29 is 4.74 Å². The Bertz CT molecular complexity index is 310. The van der Waals surface area contributed by atoms with Crippen LogP contribution in [0.2, 0.25) is 0 Å². The highest BCUT2D eigenvalue weighted by atomic mass is 16.5. The van der Waals surface area contributed by atoms with Gasteiger partial charge in [0.1, 0.15) is 5.54 Å². The smallest absolute Gasteiger partial charge is 0.122 e. The number of hydrogen-bond donors (Lipinski definition) is 1. The molecule has 1 aliphatic heterocycles. The Morgan fingerprint density at radius 2 is 2.18 bits per heavy atom. The van der Waals surface area contributed by atoms with Crippen molar-refractivity contribution in [2.45, 2.75) is 43.9 Å². The molecule has 1 N–H and O–H groups in total. The summed E-state index contributed by atoms with van der Waals surface area (Å²) in [6.45, 7) is 3.76. The molecule has 0 radical (unpaired) electrons. The summed E-state index contributed by atoms with van der Waals surface area (Å²) in [4.78, 5) is 2.30. The van der Waals surface area contributed by atoms with E-state index in [1.54, 1.807) is 0 Å². The summed E-state index contributed by atoms with van der Waals surface area (Å²) in [6, 6.07) is 2.96. The van der Waals surface area contributed by atoms with Crippen LogP contribution in [0.5, 0.6) is 0 Å². The summed E-state index contributed by atoms with van der Waals surface area (Å²) in [5.41, 5.74) is -0.364. The average Bonchev–Trinajstić information content (AvgIpc) is 3.09. The van der Waals surface area contributed by atoms with Crippen molar-refractivity contribution in [3.05, 3.63) is 0 Å². The van der Waals surface area contributed by atoms with Gasteiger partial charge in [0.05, 0.1) is 12.2 Å². The normalized spacial score (nSPS) is 32.4. The van der Waals surface area contributed by atoms with Crippen molar-refractivity contribution in [3.8, 4) is 6.07 Å². The number of nitrogens with zero attached hydrogens (tertiary/aromatic N) is 2. The van der Waals surface area contributed by atoms with E-state index in [2.05, 4.69) is 30.3 Å². The highest BCUT2D eigenvalue weighted by molar-refractivity contribution is 5.16. The second kappa shape index (κ2) is 4.93. The van der Waals surface area contributed by atoms with Gasteiger partial charge in [-0.1, -0.05) is 0 Å².